The highest BCUT2D eigenvalue weighted by Gasteiger charge is 2.46. The number of aryl methyl sites for hydroxylation is 1. The maximum Gasteiger partial charge on any atom is 0.295 e. The molecule has 0 radical (unpaired) electrons. The maximum absolute atomic E-state index is 13.2. The summed E-state index contributed by atoms with van der Waals surface area (Å²) >= 11 is 0. The van der Waals surface area contributed by atoms with Gasteiger partial charge in [-0.05, 0) is 69.4 Å². The number of Topliss-reactive ketones (excluding diaryl/α,β-unsaturated/α-hetero) is 1. The molecule has 1 aliphatic heterocycles. The first kappa shape index (κ1) is 25.1. The Morgan fingerprint density at radius 3 is 2.38 bits per heavy atom. The van der Waals surface area contributed by atoms with Gasteiger partial charge in [0.25, 0.3) is 11.7 Å². The Morgan fingerprint density at radius 2 is 1.79 bits per heavy atom. The highest BCUT2D eigenvalue weighted by atomic mass is 16.5. The van der Waals surface area contributed by atoms with Crippen molar-refractivity contribution in [3.8, 4) is 17.2 Å². The van der Waals surface area contributed by atoms with Crippen molar-refractivity contribution in [2.45, 2.75) is 19.9 Å². The summed E-state index contributed by atoms with van der Waals surface area (Å²) in [5.41, 5.74) is 1.88. The molecule has 1 saturated heterocycles. The molecule has 1 atom stereocenters. The minimum Gasteiger partial charge on any atom is -0.507 e. The van der Waals surface area contributed by atoms with Gasteiger partial charge in [0.1, 0.15) is 11.5 Å². The Bertz CT molecular complexity index is 1110. The van der Waals surface area contributed by atoms with Gasteiger partial charge in [-0.15, -0.1) is 0 Å². The average molecular weight is 469 g/mol. The maximum atomic E-state index is 13.2. The summed E-state index contributed by atoms with van der Waals surface area (Å²) in [6.07, 6.45) is 0. The second kappa shape index (κ2) is 10.6. The monoisotopic (exact) mass is 468 g/mol. The quantitative estimate of drug-likeness (QED) is 0.343. The third-order valence-electron chi connectivity index (χ3n) is 5.82. The Morgan fingerprint density at radius 1 is 1.06 bits per heavy atom. The van der Waals surface area contributed by atoms with E-state index >= 15 is 0 Å². The number of carbonyl (C=O) groups excluding carboxylic acids is 2. The number of carbonyl (C=O) groups is 2. The first-order valence-electron chi connectivity index (χ1n) is 11.1. The van der Waals surface area contributed by atoms with Crippen molar-refractivity contribution >= 4 is 17.4 Å². The van der Waals surface area contributed by atoms with Crippen LogP contribution < -0.4 is 14.2 Å². The number of likely N-dealkylation sites (tertiary alicyclic amines) is 1. The summed E-state index contributed by atoms with van der Waals surface area (Å²) < 4.78 is 16.4. The topological polar surface area (TPSA) is 88.5 Å². The highest BCUT2D eigenvalue weighted by Crippen LogP contribution is 2.42. The number of nitrogens with zero attached hydrogens (tertiary/aromatic N) is 2. The molecule has 8 heteroatoms. The van der Waals surface area contributed by atoms with Crippen LogP contribution in [0, 0.1) is 6.92 Å². The van der Waals surface area contributed by atoms with E-state index in [1.807, 2.05) is 32.8 Å². The molecule has 2 aromatic carbocycles. The molecular formula is C26H32N2O6. The molecular weight excluding hydrogens is 436 g/mol. The van der Waals surface area contributed by atoms with E-state index in [0.717, 1.165) is 5.56 Å². The fourth-order valence-corrected chi connectivity index (χ4v) is 4.07. The van der Waals surface area contributed by atoms with Crippen molar-refractivity contribution in [1.82, 2.24) is 9.80 Å². The summed E-state index contributed by atoms with van der Waals surface area (Å²) in [6.45, 7) is 5.03. The number of ketones is 1. The number of methoxy groups -OCH3 is 2. The standard InChI is InChI=1S/C26H32N2O6/c1-7-34-20-11-8-17(15-21(20)33-6)23-22(25(30)26(31)28(23)13-12-27(3)4)24(29)19-10-9-18(32-5)14-16(19)2/h8-11,14-15,23,29H,7,12-13H2,1-6H3/t23-/m0/s1. The Kier molecular flexibility index (Phi) is 7.83. The summed E-state index contributed by atoms with van der Waals surface area (Å²) in [7, 11) is 6.88. The molecule has 34 heavy (non-hydrogen) atoms. The zero-order valence-electron chi connectivity index (χ0n) is 20.5. The molecule has 1 fully saturated rings. The molecule has 0 spiro atoms. The predicted molar refractivity (Wildman–Crippen MR) is 129 cm³/mol. The van der Waals surface area contributed by atoms with Gasteiger partial charge < -0.3 is 29.1 Å². The third kappa shape index (κ3) is 4.87. The van der Waals surface area contributed by atoms with Crippen LogP contribution in [0.5, 0.6) is 17.2 Å². The van der Waals surface area contributed by atoms with Crippen molar-refractivity contribution < 1.29 is 28.9 Å². The summed E-state index contributed by atoms with van der Waals surface area (Å²) in [5, 5.41) is 11.3. The van der Waals surface area contributed by atoms with Crippen molar-refractivity contribution in [2.24, 2.45) is 0 Å². The van der Waals surface area contributed by atoms with Gasteiger partial charge in [-0.25, -0.2) is 0 Å². The third-order valence-corrected chi connectivity index (χ3v) is 5.82. The van der Waals surface area contributed by atoms with Crippen LogP contribution in [0.25, 0.3) is 5.76 Å². The van der Waals surface area contributed by atoms with Crippen molar-refractivity contribution in [3.63, 3.8) is 0 Å². The normalized spacial score (nSPS) is 17.4. The number of amides is 1. The number of benzene rings is 2. The predicted octanol–water partition coefficient (Wildman–Crippen LogP) is 3.39. The number of aliphatic hydroxyl groups excluding tert-OH is 1. The minimum absolute atomic E-state index is 0.0447. The molecule has 1 aliphatic rings. The van der Waals surface area contributed by atoms with E-state index in [9.17, 15) is 14.7 Å². The van der Waals surface area contributed by atoms with E-state index in [2.05, 4.69) is 0 Å². The van der Waals surface area contributed by atoms with E-state index in [4.69, 9.17) is 14.2 Å². The number of aliphatic hydroxyl groups is 1. The number of hydrogen-bond acceptors (Lipinski definition) is 7. The second-order valence-corrected chi connectivity index (χ2v) is 8.32. The van der Waals surface area contributed by atoms with Crippen molar-refractivity contribution in [2.75, 3.05) is 48.0 Å². The van der Waals surface area contributed by atoms with Gasteiger partial charge in [-0.3, -0.25) is 9.59 Å². The number of hydrogen-bond donors (Lipinski definition) is 1. The van der Waals surface area contributed by atoms with Gasteiger partial charge in [0.05, 0.1) is 32.4 Å². The van der Waals surface area contributed by atoms with Crippen LogP contribution in [0.3, 0.4) is 0 Å². The second-order valence-electron chi connectivity index (χ2n) is 8.32. The summed E-state index contributed by atoms with van der Waals surface area (Å²) in [5.74, 6) is 0.0944. The molecule has 1 heterocycles. The van der Waals surface area contributed by atoms with Gasteiger partial charge in [0.15, 0.2) is 11.5 Å². The van der Waals surface area contributed by atoms with Crippen LogP contribution in [0.15, 0.2) is 42.0 Å². The largest absolute Gasteiger partial charge is 0.507 e. The Labute approximate surface area is 200 Å². The van der Waals surface area contributed by atoms with E-state index in [1.165, 1.54) is 12.0 Å². The van der Waals surface area contributed by atoms with Gasteiger partial charge in [0.2, 0.25) is 0 Å². The van der Waals surface area contributed by atoms with Crippen molar-refractivity contribution in [1.29, 1.82) is 0 Å². The molecule has 0 bridgehead atoms. The Hall–Kier alpha value is -3.52. The first-order chi connectivity index (χ1) is 16.2. The molecule has 2 aromatic rings. The molecule has 3 rings (SSSR count). The molecule has 0 unspecified atom stereocenters. The molecule has 0 aromatic heterocycles. The van der Waals surface area contributed by atoms with Crippen LogP contribution in [-0.2, 0) is 9.59 Å². The highest BCUT2D eigenvalue weighted by molar-refractivity contribution is 6.46. The lowest BCUT2D eigenvalue weighted by molar-refractivity contribution is -0.140. The zero-order valence-corrected chi connectivity index (χ0v) is 20.5. The van der Waals surface area contributed by atoms with E-state index in [0.29, 0.717) is 48.1 Å². The van der Waals surface area contributed by atoms with Crippen LogP contribution >= 0.6 is 0 Å². The molecule has 8 nitrogen and oxygen atoms in total. The van der Waals surface area contributed by atoms with Gasteiger partial charge in [-0.1, -0.05) is 6.07 Å². The number of likely N-dealkylation sites (N-methyl/N-ethyl adjacent to an activating group) is 1. The first-order valence-corrected chi connectivity index (χ1v) is 11.1. The van der Waals surface area contributed by atoms with E-state index in [-0.39, 0.29) is 11.3 Å². The molecule has 1 amide bonds. The van der Waals surface area contributed by atoms with Crippen LogP contribution in [-0.4, -0.2) is 74.6 Å². The van der Waals surface area contributed by atoms with Crippen LogP contribution in [0.4, 0.5) is 0 Å². The van der Waals surface area contributed by atoms with Gasteiger partial charge in [-0.2, -0.15) is 0 Å². The number of ether oxygens (including phenoxy) is 3. The molecule has 0 saturated carbocycles. The van der Waals surface area contributed by atoms with Crippen LogP contribution in [0.1, 0.15) is 29.7 Å². The smallest absolute Gasteiger partial charge is 0.295 e. The lowest BCUT2D eigenvalue weighted by atomic mass is 9.93. The summed E-state index contributed by atoms with van der Waals surface area (Å²) in [6, 6.07) is 9.69. The molecule has 0 aliphatic carbocycles. The van der Waals surface area contributed by atoms with Crippen molar-refractivity contribution in [3.05, 3.63) is 58.7 Å². The van der Waals surface area contributed by atoms with Gasteiger partial charge in [0, 0.05) is 18.7 Å². The Balaban J connectivity index is 2.20. The van der Waals surface area contributed by atoms with E-state index < -0.39 is 17.7 Å². The lowest BCUT2D eigenvalue weighted by Gasteiger charge is -2.27. The number of rotatable bonds is 9. The van der Waals surface area contributed by atoms with E-state index in [1.54, 1.807) is 43.5 Å². The fourth-order valence-electron chi connectivity index (χ4n) is 4.07. The fraction of sp³-hybridized carbons (Fsp3) is 0.385. The average Bonchev–Trinajstić information content (AvgIpc) is 3.07. The van der Waals surface area contributed by atoms with Gasteiger partial charge >= 0.3 is 0 Å². The summed E-state index contributed by atoms with van der Waals surface area (Å²) in [4.78, 5) is 29.7. The molecule has 182 valence electrons. The zero-order chi connectivity index (χ0) is 25.0. The van der Waals surface area contributed by atoms with Crippen LogP contribution in [0.2, 0.25) is 0 Å². The minimum atomic E-state index is -0.772. The SMILES string of the molecule is CCOc1ccc([C@H]2C(=C(O)c3ccc(OC)cc3C)C(=O)C(=O)N2CCN(C)C)cc1OC. The lowest BCUT2D eigenvalue weighted by Crippen LogP contribution is -2.35. The molecule has 1 N–H and O–H groups in total.